The normalized spacial score (nSPS) is 15.8. The van der Waals surface area contributed by atoms with Crippen LogP contribution in [-0.4, -0.2) is 19.7 Å². The van der Waals surface area contributed by atoms with Gasteiger partial charge in [-0.25, -0.2) is 0 Å². The van der Waals surface area contributed by atoms with Crippen LogP contribution in [0.25, 0.3) is 0 Å². The molecular formula is C16H22N2O. The fourth-order valence-corrected chi connectivity index (χ4v) is 2.22. The Morgan fingerprint density at radius 2 is 2.21 bits per heavy atom. The average molecular weight is 258 g/mol. The van der Waals surface area contributed by atoms with E-state index in [0.717, 1.165) is 38.1 Å². The maximum absolute atomic E-state index is 8.99. The van der Waals surface area contributed by atoms with Gasteiger partial charge in [0.15, 0.2) is 0 Å². The largest absolute Gasteiger partial charge is 0.494 e. The molecule has 1 aliphatic rings. The summed E-state index contributed by atoms with van der Waals surface area (Å²) in [5, 5.41) is 12.4. The van der Waals surface area contributed by atoms with Crippen molar-refractivity contribution in [1.29, 1.82) is 5.26 Å². The molecule has 0 amide bonds. The Bertz CT molecular complexity index is 472. The molecule has 0 aromatic heterocycles. The van der Waals surface area contributed by atoms with Crippen molar-refractivity contribution in [2.24, 2.45) is 5.41 Å². The minimum Gasteiger partial charge on any atom is -0.494 e. The first-order chi connectivity index (χ1) is 9.19. The van der Waals surface area contributed by atoms with Crippen molar-refractivity contribution < 1.29 is 4.74 Å². The Morgan fingerprint density at radius 1 is 1.42 bits per heavy atom. The molecule has 0 heterocycles. The topological polar surface area (TPSA) is 45.0 Å². The van der Waals surface area contributed by atoms with E-state index in [1.165, 1.54) is 11.1 Å². The number of aryl methyl sites for hydroxylation is 1. The lowest BCUT2D eigenvalue weighted by atomic mass is 10.1. The van der Waals surface area contributed by atoms with Gasteiger partial charge in [0.25, 0.3) is 0 Å². The lowest BCUT2D eigenvalue weighted by molar-refractivity contribution is 0.338. The highest BCUT2D eigenvalue weighted by molar-refractivity contribution is 5.36. The Hall–Kier alpha value is -1.53. The Balaban J connectivity index is 1.77. The number of hydrogen-bond acceptors (Lipinski definition) is 3. The molecule has 19 heavy (non-hydrogen) atoms. The van der Waals surface area contributed by atoms with Crippen molar-refractivity contribution in [3.63, 3.8) is 0 Å². The van der Waals surface area contributed by atoms with E-state index in [1.54, 1.807) is 0 Å². The third-order valence-corrected chi connectivity index (χ3v) is 3.68. The first kappa shape index (κ1) is 13.9. The van der Waals surface area contributed by atoms with Gasteiger partial charge in [-0.15, -0.1) is 0 Å². The fourth-order valence-electron chi connectivity index (χ4n) is 2.22. The van der Waals surface area contributed by atoms with Crippen molar-refractivity contribution in [3.8, 4) is 11.8 Å². The Kier molecular flexibility index (Phi) is 4.44. The lowest BCUT2D eigenvalue weighted by Crippen LogP contribution is -2.25. The molecule has 0 bridgehead atoms. The van der Waals surface area contributed by atoms with E-state index < -0.39 is 0 Å². The first-order valence-corrected chi connectivity index (χ1v) is 7.03. The summed E-state index contributed by atoms with van der Waals surface area (Å²) in [6.07, 6.45) is 3.10. The molecule has 1 fully saturated rings. The van der Waals surface area contributed by atoms with Crippen LogP contribution in [0.5, 0.6) is 5.75 Å². The quantitative estimate of drug-likeness (QED) is 0.765. The van der Waals surface area contributed by atoms with Crippen LogP contribution in [0.15, 0.2) is 18.2 Å². The molecule has 102 valence electrons. The van der Waals surface area contributed by atoms with Gasteiger partial charge in [0.1, 0.15) is 5.75 Å². The molecule has 1 aromatic rings. The molecule has 0 atom stereocenters. The molecule has 0 aliphatic heterocycles. The van der Waals surface area contributed by atoms with E-state index in [2.05, 4.69) is 30.4 Å². The van der Waals surface area contributed by atoms with E-state index >= 15 is 0 Å². The summed E-state index contributed by atoms with van der Waals surface area (Å²) in [6, 6.07) is 8.76. The monoisotopic (exact) mass is 258 g/mol. The maximum atomic E-state index is 8.99. The smallest absolute Gasteiger partial charge is 0.122 e. The minimum atomic E-state index is -0.0469. The van der Waals surface area contributed by atoms with Gasteiger partial charge in [0.05, 0.1) is 18.1 Å². The van der Waals surface area contributed by atoms with Crippen molar-refractivity contribution >= 4 is 0 Å². The highest BCUT2D eigenvalue weighted by atomic mass is 16.5. The van der Waals surface area contributed by atoms with E-state index in [1.807, 2.05) is 13.0 Å². The lowest BCUT2D eigenvalue weighted by Gasteiger charge is -2.10. The van der Waals surface area contributed by atoms with Crippen LogP contribution in [-0.2, 0) is 6.42 Å². The highest BCUT2D eigenvalue weighted by Gasteiger charge is 2.42. The van der Waals surface area contributed by atoms with E-state index in [9.17, 15) is 0 Å². The average Bonchev–Trinajstić information content (AvgIpc) is 3.19. The molecule has 1 N–H and O–H groups in total. The van der Waals surface area contributed by atoms with E-state index in [0.29, 0.717) is 6.61 Å². The molecule has 1 saturated carbocycles. The summed E-state index contributed by atoms with van der Waals surface area (Å²) >= 11 is 0. The zero-order valence-electron chi connectivity index (χ0n) is 11.8. The second-order valence-corrected chi connectivity index (χ2v) is 5.35. The SMILES string of the molecule is CCOc1ccc(CCNCC2(C#N)CC2)cc1C. The summed E-state index contributed by atoms with van der Waals surface area (Å²) in [5.74, 6) is 0.973. The molecule has 0 spiro atoms. The van der Waals surface area contributed by atoms with Gasteiger partial charge in [-0.3, -0.25) is 0 Å². The van der Waals surface area contributed by atoms with Crippen molar-refractivity contribution in [1.82, 2.24) is 5.32 Å². The molecule has 0 saturated heterocycles. The predicted octanol–water partition coefficient (Wildman–Crippen LogP) is 2.83. The number of rotatable bonds is 7. The number of hydrogen-bond donors (Lipinski definition) is 1. The van der Waals surface area contributed by atoms with Gasteiger partial charge in [-0.05, 0) is 56.8 Å². The number of nitriles is 1. The van der Waals surface area contributed by atoms with Gasteiger partial charge < -0.3 is 10.1 Å². The highest BCUT2D eigenvalue weighted by Crippen LogP contribution is 2.43. The van der Waals surface area contributed by atoms with Crippen LogP contribution >= 0.6 is 0 Å². The van der Waals surface area contributed by atoms with Crippen LogP contribution in [0.3, 0.4) is 0 Å². The van der Waals surface area contributed by atoms with Gasteiger partial charge in [-0.1, -0.05) is 12.1 Å². The van der Waals surface area contributed by atoms with Crippen molar-refractivity contribution in [2.75, 3.05) is 19.7 Å². The number of ether oxygens (including phenoxy) is 1. The Labute approximate surface area is 115 Å². The number of nitrogens with one attached hydrogen (secondary N) is 1. The predicted molar refractivity (Wildman–Crippen MR) is 76.2 cm³/mol. The zero-order valence-corrected chi connectivity index (χ0v) is 11.8. The standard InChI is InChI=1S/C16H22N2O/c1-3-19-15-5-4-14(10-13(15)2)6-9-18-12-16(11-17)7-8-16/h4-5,10,18H,3,6-9,12H2,1-2H3. The first-order valence-electron chi connectivity index (χ1n) is 7.03. The molecule has 2 rings (SSSR count). The number of benzene rings is 1. The van der Waals surface area contributed by atoms with Crippen molar-refractivity contribution in [3.05, 3.63) is 29.3 Å². The second kappa shape index (κ2) is 6.08. The third-order valence-electron chi connectivity index (χ3n) is 3.68. The second-order valence-electron chi connectivity index (χ2n) is 5.35. The van der Waals surface area contributed by atoms with E-state index in [4.69, 9.17) is 10.00 Å². The summed E-state index contributed by atoms with van der Waals surface area (Å²) in [7, 11) is 0. The maximum Gasteiger partial charge on any atom is 0.122 e. The summed E-state index contributed by atoms with van der Waals surface area (Å²) in [4.78, 5) is 0. The van der Waals surface area contributed by atoms with Crippen LogP contribution < -0.4 is 10.1 Å². The van der Waals surface area contributed by atoms with Gasteiger partial charge in [0, 0.05) is 6.54 Å². The van der Waals surface area contributed by atoms with E-state index in [-0.39, 0.29) is 5.41 Å². The summed E-state index contributed by atoms with van der Waals surface area (Å²) < 4.78 is 5.53. The van der Waals surface area contributed by atoms with Gasteiger partial charge in [-0.2, -0.15) is 5.26 Å². The number of nitrogens with zero attached hydrogens (tertiary/aromatic N) is 1. The summed E-state index contributed by atoms with van der Waals surface area (Å²) in [6.45, 7) is 6.55. The summed E-state index contributed by atoms with van der Waals surface area (Å²) in [5.41, 5.74) is 2.46. The van der Waals surface area contributed by atoms with Crippen LogP contribution in [0.1, 0.15) is 30.9 Å². The fraction of sp³-hybridized carbons (Fsp3) is 0.562. The zero-order chi connectivity index (χ0) is 13.7. The van der Waals surface area contributed by atoms with Crippen LogP contribution in [0.2, 0.25) is 0 Å². The molecular weight excluding hydrogens is 236 g/mol. The Morgan fingerprint density at radius 3 is 2.79 bits per heavy atom. The van der Waals surface area contributed by atoms with Gasteiger partial charge >= 0.3 is 0 Å². The molecule has 1 aliphatic carbocycles. The van der Waals surface area contributed by atoms with Gasteiger partial charge in [0.2, 0.25) is 0 Å². The van der Waals surface area contributed by atoms with Crippen molar-refractivity contribution in [2.45, 2.75) is 33.1 Å². The molecule has 3 nitrogen and oxygen atoms in total. The molecule has 0 radical (unpaired) electrons. The third kappa shape index (κ3) is 3.71. The van der Waals surface area contributed by atoms with Crippen LogP contribution in [0.4, 0.5) is 0 Å². The molecule has 1 aromatic carbocycles. The van der Waals surface area contributed by atoms with Crippen LogP contribution in [0, 0.1) is 23.7 Å². The molecule has 0 unspecified atom stereocenters. The molecule has 3 heteroatoms. The minimum absolute atomic E-state index is 0.0469.